The number of benzene rings is 2. The summed E-state index contributed by atoms with van der Waals surface area (Å²) in [7, 11) is 1.66. The third-order valence-corrected chi connectivity index (χ3v) is 3.51. The lowest BCUT2D eigenvalue weighted by atomic mass is 10.2. The Balaban J connectivity index is 1.96. The molecule has 0 spiro atoms. The number of halogens is 1. The molecule has 108 valence electrons. The van der Waals surface area contributed by atoms with Crippen molar-refractivity contribution in [1.82, 2.24) is 0 Å². The van der Waals surface area contributed by atoms with Crippen molar-refractivity contribution in [3.05, 3.63) is 52.5 Å². The van der Waals surface area contributed by atoms with Gasteiger partial charge >= 0.3 is 0 Å². The summed E-state index contributed by atoms with van der Waals surface area (Å²) in [5, 5.41) is 3.35. The highest BCUT2D eigenvalue weighted by Crippen LogP contribution is 2.26. The van der Waals surface area contributed by atoms with E-state index in [4.69, 9.17) is 15.9 Å². The molecule has 0 amide bonds. The number of hydrogen-bond donors (Lipinski definition) is 1. The molecule has 3 nitrogen and oxygen atoms in total. The molecule has 0 atom stereocenters. The minimum Gasteiger partial charge on any atom is -0.497 e. The first-order valence-corrected chi connectivity index (χ1v) is 7.25. The lowest BCUT2D eigenvalue weighted by Gasteiger charge is -2.10. The van der Waals surface area contributed by atoms with Gasteiger partial charge in [0.15, 0.2) is 0 Å². The van der Waals surface area contributed by atoms with Crippen molar-refractivity contribution in [2.45, 2.75) is 6.54 Å². The van der Waals surface area contributed by atoms with Crippen LogP contribution in [0.2, 0.25) is 0 Å². The third kappa shape index (κ3) is 4.44. The topological polar surface area (TPSA) is 30.5 Å². The van der Waals surface area contributed by atoms with Crippen molar-refractivity contribution in [1.29, 1.82) is 0 Å². The predicted octanol–water partition coefficient (Wildman–Crippen LogP) is 4.08. The second-order valence-electron chi connectivity index (χ2n) is 4.34. The van der Waals surface area contributed by atoms with Gasteiger partial charge in [-0.25, -0.2) is 0 Å². The molecule has 0 radical (unpaired) electrons. The zero-order valence-electron chi connectivity index (χ0n) is 11.7. The normalized spacial score (nSPS) is 9.76. The smallest absolute Gasteiger partial charge is 0.148 e. The van der Waals surface area contributed by atoms with Gasteiger partial charge < -0.3 is 14.8 Å². The molecule has 0 aliphatic heterocycles. The Morgan fingerprint density at radius 2 is 1.95 bits per heavy atom. The van der Waals surface area contributed by atoms with Crippen LogP contribution in [-0.2, 0) is 6.54 Å². The van der Waals surface area contributed by atoms with E-state index in [0.29, 0.717) is 0 Å². The van der Waals surface area contributed by atoms with E-state index in [0.717, 1.165) is 33.8 Å². The molecule has 2 aromatic carbocycles. The standard InChI is InChI=1S/C17H16BrNO2/c1-3-10-21-17-9-4-13(11-16(17)18)12-19-14-5-7-15(20-2)8-6-14/h1,4-9,11,19H,10,12H2,2H3. The molecule has 0 saturated heterocycles. The second kappa shape index (κ2) is 7.61. The second-order valence-corrected chi connectivity index (χ2v) is 5.19. The summed E-state index contributed by atoms with van der Waals surface area (Å²) >= 11 is 3.48. The summed E-state index contributed by atoms with van der Waals surface area (Å²) in [4.78, 5) is 0. The molecule has 0 bridgehead atoms. The molecule has 2 rings (SSSR count). The molecule has 0 saturated carbocycles. The van der Waals surface area contributed by atoms with Crippen LogP contribution in [0, 0.1) is 12.3 Å². The highest BCUT2D eigenvalue weighted by molar-refractivity contribution is 9.10. The fourth-order valence-corrected chi connectivity index (χ4v) is 2.34. The Hall–Kier alpha value is -2.12. The van der Waals surface area contributed by atoms with Crippen molar-refractivity contribution in [2.75, 3.05) is 19.0 Å². The minimum absolute atomic E-state index is 0.266. The van der Waals surface area contributed by atoms with E-state index in [2.05, 4.69) is 27.2 Å². The van der Waals surface area contributed by atoms with Crippen LogP contribution in [-0.4, -0.2) is 13.7 Å². The van der Waals surface area contributed by atoms with Gasteiger partial charge in [0.1, 0.15) is 18.1 Å². The van der Waals surface area contributed by atoms with Gasteiger partial charge in [-0.3, -0.25) is 0 Å². The fourth-order valence-electron chi connectivity index (χ4n) is 1.80. The van der Waals surface area contributed by atoms with Crippen molar-refractivity contribution in [3.63, 3.8) is 0 Å². The zero-order valence-corrected chi connectivity index (χ0v) is 13.3. The van der Waals surface area contributed by atoms with E-state index in [1.54, 1.807) is 7.11 Å². The van der Waals surface area contributed by atoms with Gasteiger partial charge in [0.25, 0.3) is 0 Å². The Kier molecular flexibility index (Phi) is 5.53. The van der Waals surface area contributed by atoms with E-state index in [-0.39, 0.29) is 6.61 Å². The number of hydrogen-bond acceptors (Lipinski definition) is 3. The Morgan fingerprint density at radius 1 is 1.19 bits per heavy atom. The van der Waals surface area contributed by atoms with E-state index < -0.39 is 0 Å². The van der Waals surface area contributed by atoms with Gasteiger partial charge in [0.05, 0.1) is 11.6 Å². The van der Waals surface area contributed by atoms with E-state index in [9.17, 15) is 0 Å². The molecule has 0 aliphatic rings. The van der Waals surface area contributed by atoms with E-state index >= 15 is 0 Å². The molecule has 0 fully saturated rings. The van der Waals surface area contributed by atoms with Crippen LogP contribution in [0.25, 0.3) is 0 Å². The number of ether oxygens (including phenoxy) is 2. The largest absolute Gasteiger partial charge is 0.497 e. The molecular weight excluding hydrogens is 330 g/mol. The molecular formula is C17H16BrNO2. The molecule has 1 N–H and O–H groups in total. The van der Waals surface area contributed by atoms with Gasteiger partial charge in [-0.1, -0.05) is 12.0 Å². The van der Waals surface area contributed by atoms with Crippen molar-refractivity contribution >= 4 is 21.6 Å². The van der Waals surface area contributed by atoms with Crippen LogP contribution < -0.4 is 14.8 Å². The predicted molar refractivity (Wildman–Crippen MR) is 88.8 cm³/mol. The highest BCUT2D eigenvalue weighted by atomic mass is 79.9. The average Bonchev–Trinajstić information content (AvgIpc) is 2.52. The van der Waals surface area contributed by atoms with Gasteiger partial charge in [-0.05, 0) is 57.9 Å². The average molecular weight is 346 g/mol. The van der Waals surface area contributed by atoms with E-state index in [1.165, 1.54) is 0 Å². The van der Waals surface area contributed by atoms with Crippen LogP contribution in [0.5, 0.6) is 11.5 Å². The number of nitrogens with one attached hydrogen (secondary N) is 1. The van der Waals surface area contributed by atoms with Crippen LogP contribution in [0.3, 0.4) is 0 Å². The van der Waals surface area contributed by atoms with Gasteiger partial charge in [0.2, 0.25) is 0 Å². The summed E-state index contributed by atoms with van der Waals surface area (Å²) in [6.07, 6.45) is 5.18. The third-order valence-electron chi connectivity index (χ3n) is 2.89. The number of terminal acetylenes is 1. The van der Waals surface area contributed by atoms with Gasteiger partial charge in [-0.15, -0.1) is 6.42 Å². The molecule has 0 aromatic heterocycles. The minimum atomic E-state index is 0.266. The first-order valence-electron chi connectivity index (χ1n) is 6.45. The highest BCUT2D eigenvalue weighted by Gasteiger charge is 2.02. The Morgan fingerprint density at radius 3 is 2.57 bits per heavy atom. The van der Waals surface area contributed by atoms with Gasteiger partial charge in [0, 0.05) is 12.2 Å². The SMILES string of the molecule is C#CCOc1ccc(CNc2ccc(OC)cc2)cc1Br. The number of anilines is 1. The number of methoxy groups -OCH3 is 1. The first kappa shape index (κ1) is 15.3. The maximum atomic E-state index is 5.41. The monoisotopic (exact) mass is 345 g/mol. The molecule has 0 heterocycles. The molecule has 4 heteroatoms. The zero-order chi connectivity index (χ0) is 15.1. The molecule has 2 aromatic rings. The van der Waals surface area contributed by atoms with Crippen molar-refractivity contribution in [2.24, 2.45) is 0 Å². The first-order chi connectivity index (χ1) is 10.2. The van der Waals surface area contributed by atoms with Crippen LogP contribution in [0.1, 0.15) is 5.56 Å². The molecule has 0 aliphatic carbocycles. The summed E-state index contributed by atoms with van der Waals surface area (Å²) in [6.45, 7) is 0.988. The number of rotatable bonds is 6. The van der Waals surface area contributed by atoms with Crippen LogP contribution in [0.15, 0.2) is 46.9 Å². The summed E-state index contributed by atoms with van der Waals surface area (Å²) < 4.78 is 11.4. The fraction of sp³-hybridized carbons (Fsp3) is 0.176. The maximum absolute atomic E-state index is 5.41. The van der Waals surface area contributed by atoms with Crippen LogP contribution >= 0.6 is 15.9 Å². The summed E-state index contributed by atoms with van der Waals surface area (Å²) in [5.74, 6) is 4.05. The molecule has 21 heavy (non-hydrogen) atoms. The van der Waals surface area contributed by atoms with Gasteiger partial charge in [-0.2, -0.15) is 0 Å². The quantitative estimate of drug-likeness (QED) is 0.800. The summed E-state index contributed by atoms with van der Waals surface area (Å²) in [6, 6.07) is 13.8. The molecule has 0 unspecified atom stereocenters. The van der Waals surface area contributed by atoms with Crippen molar-refractivity contribution < 1.29 is 9.47 Å². The Bertz CT molecular complexity index is 632. The van der Waals surface area contributed by atoms with E-state index in [1.807, 2.05) is 42.5 Å². The Labute approximate surface area is 133 Å². The lowest BCUT2D eigenvalue weighted by molar-refractivity contribution is 0.368. The maximum Gasteiger partial charge on any atom is 0.148 e. The van der Waals surface area contributed by atoms with Crippen molar-refractivity contribution in [3.8, 4) is 23.8 Å². The van der Waals surface area contributed by atoms with Crippen LogP contribution in [0.4, 0.5) is 5.69 Å². The summed E-state index contributed by atoms with van der Waals surface area (Å²) in [5.41, 5.74) is 2.19. The lowest BCUT2D eigenvalue weighted by Crippen LogP contribution is -2.00.